The molecule has 0 saturated heterocycles. The SMILES string of the molecule is COCc1ccc([C@@H](NC(=O)Cn2cnccc2=O)C(=O)Nc2ccc(S(C)(C)C)c(F)c2)cc1. The van der Waals surface area contributed by atoms with Crippen molar-refractivity contribution in [3.63, 3.8) is 0 Å². The Kier molecular flexibility index (Phi) is 8.42. The number of nitrogens with zero attached hydrogens (tertiary/aromatic N) is 2. The molecule has 2 N–H and O–H groups in total. The van der Waals surface area contributed by atoms with Gasteiger partial charge in [-0.3, -0.25) is 19.0 Å². The summed E-state index contributed by atoms with van der Waals surface area (Å²) in [5.74, 6) is -1.50. The van der Waals surface area contributed by atoms with Gasteiger partial charge in [0.05, 0.1) is 12.9 Å². The number of aromatic nitrogens is 2. The van der Waals surface area contributed by atoms with Crippen molar-refractivity contribution in [2.75, 3.05) is 31.2 Å². The molecule has 1 aromatic heterocycles. The monoisotopic (exact) mass is 500 g/mol. The van der Waals surface area contributed by atoms with Gasteiger partial charge in [0.15, 0.2) is 0 Å². The van der Waals surface area contributed by atoms with Crippen LogP contribution in [0.3, 0.4) is 0 Å². The third-order valence-corrected chi connectivity index (χ3v) is 6.81. The van der Waals surface area contributed by atoms with Gasteiger partial charge in [0.1, 0.15) is 18.4 Å². The Labute approximate surface area is 204 Å². The van der Waals surface area contributed by atoms with Crippen molar-refractivity contribution in [2.24, 2.45) is 0 Å². The van der Waals surface area contributed by atoms with Crippen LogP contribution in [0.15, 0.2) is 70.7 Å². The normalized spacial score (nSPS) is 12.6. The van der Waals surface area contributed by atoms with Gasteiger partial charge < -0.3 is 15.4 Å². The smallest absolute Gasteiger partial charge is 0.253 e. The third kappa shape index (κ3) is 7.00. The molecule has 0 aliphatic carbocycles. The summed E-state index contributed by atoms with van der Waals surface area (Å²) in [6.07, 6.45) is 8.53. The Bertz CT molecular complexity index is 1260. The summed E-state index contributed by atoms with van der Waals surface area (Å²) in [7, 11) is 0.296. The van der Waals surface area contributed by atoms with Crippen molar-refractivity contribution in [2.45, 2.75) is 24.1 Å². The Morgan fingerprint density at radius 3 is 2.43 bits per heavy atom. The van der Waals surface area contributed by atoms with Crippen LogP contribution in [0.4, 0.5) is 10.1 Å². The first-order chi connectivity index (χ1) is 16.6. The van der Waals surface area contributed by atoms with E-state index < -0.39 is 39.3 Å². The number of rotatable bonds is 9. The minimum atomic E-state index is -1.28. The molecule has 0 bridgehead atoms. The highest BCUT2D eigenvalue weighted by atomic mass is 32.3. The third-order valence-electron chi connectivity index (χ3n) is 5.16. The van der Waals surface area contributed by atoms with E-state index >= 15 is 0 Å². The first-order valence-electron chi connectivity index (χ1n) is 10.7. The molecule has 1 atom stereocenters. The maximum absolute atomic E-state index is 14.7. The molecule has 3 aromatic rings. The molecule has 3 rings (SSSR count). The number of amides is 2. The summed E-state index contributed by atoms with van der Waals surface area (Å²) in [5, 5.41) is 5.36. The lowest BCUT2D eigenvalue weighted by atomic mass is 10.0. The van der Waals surface area contributed by atoms with Gasteiger partial charge in [-0.15, -0.1) is 0 Å². The van der Waals surface area contributed by atoms with E-state index in [0.717, 1.165) is 10.1 Å². The number of nitrogens with one attached hydrogen (secondary N) is 2. The van der Waals surface area contributed by atoms with E-state index in [1.807, 2.05) is 18.8 Å². The van der Waals surface area contributed by atoms with Gasteiger partial charge in [0.2, 0.25) is 5.91 Å². The number of carbonyl (C=O) groups is 2. The van der Waals surface area contributed by atoms with Crippen LogP contribution in [0, 0.1) is 5.82 Å². The molecular formula is C25H29FN4O4S. The summed E-state index contributed by atoms with van der Waals surface area (Å²) >= 11 is 0. The largest absolute Gasteiger partial charge is 0.380 e. The predicted molar refractivity (Wildman–Crippen MR) is 135 cm³/mol. The molecule has 8 nitrogen and oxygen atoms in total. The van der Waals surface area contributed by atoms with Crippen molar-refractivity contribution in [1.82, 2.24) is 14.9 Å². The maximum Gasteiger partial charge on any atom is 0.253 e. The number of carbonyl (C=O) groups excluding carboxylic acids is 2. The Hall–Kier alpha value is -3.50. The van der Waals surface area contributed by atoms with E-state index in [9.17, 15) is 18.8 Å². The molecule has 0 aliphatic rings. The van der Waals surface area contributed by atoms with E-state index in [0.29, 0.717) is 17.1 Å². The van der Waals surface area contributed by atoms with Gasteiger partial charge in [-0.2, -0.15) is 0 Å². The van der Waals surface area contributed by atoms with Crippen molar-refractivity contribution in [3.8, 4) is 0 Å². The lowest BCUT2D eigenvalue weighted by Gasteiger charge is -2.26. The average molecular weight is 501 g/mol. The molecule has 2 amide bonds. The molecule has 10 heteroatoms. The number of hydrogen-bond donors (Lipinski definition) is 2. The lowest BCUT2D eigenvalue weighted by Crippen LogP contribution is -2.40. The lowest BCUT2D eigenvalue weighted by molar-refractivity contribution is -0.127. The Balaban J connectivity index is 1.85. The van der Waals surface area contributed by atoms with Crippen molar-refractivity contribution >= 4 is 27.5 Å². The molecule has 0 fully saturated rings. The molecule has 0 unspecified atom stereocenters. The molecule has 0 saturated carbocycles. The second-order valence-corrected chi connectivity index (χ2v) is 12.8. The molecule has 0 spiro atoms. The summed E-state index contributed by atoms with van der Waals surface area (Å²) in [6.45, 7) is 0.0880. The maximum atomic E-state index is 14.7. The number of benzene rings is 2. The second kappa shape index (κ2) is 11.3. The summed E-state index contributed by atoms with van der Waals surface area (Å²) < 4.78 is 20.9. The van der Waals surface area contributed by atoms with Crippen molar-refractivity contribution in [1.29, 1.82) is 0 Å². The Morgan fingerprint density at radius 2 is 1.83 bits per heavy atom. The van der Waals surface area contributed by atoms with Crippen LogP contribution in [-0.4, -0.2) is 47.2 Å². The van der Waals surface area contributed by atoms with Crippen LogP contribution in [-0.2, 0) is 27.5 Å². The summed E-state index contributed by atoms with van der Waals surface area (Å²) in [4.78, 5) is 42.3. The number of methoxy groups -OCH3 is 1. The first kappa shape index (κ1) is 26.1. The van der Waals surface area contributed by atoms with Crippen molar-refractivity contribution in [3.05, 3.63) is 88.4 Å². The number of hydrogen-bond acceptors (Lipinski definition) is 5. The summed E-state index contributed by atoms with van der Waals surface area (Å²) in [5.41, 5.74) is 1.30. The van der Waals surface area contributed by atoms with E-state index in [2.05, 4.69) is 15.6 Å². The molecular weight excluding hydrogens is 471 g/mol. The van der Waals surface area contributed by atoms with Crippen LogP contribution < -0.4 is 16.2 Å². The zero-order valence-corrected chi connectivity index (χ0v) is 20.9. The molecule has 2 aromatic carbocycles. The standard InChI is InChI=1S/C25H29FN4O4S/c1-34-15-17-5-7-18(8-6-17)24(29-22(31)14-30-16-27-12-11-23(30)32)25(33)28-19-9-10-21(20(26)13-19)35(2,3)4/h5-13,16,24H,14-15H2,1-4H3,(H,28,33)(H,29,31)/t24-/m1/s1. The Morgan fingerprint density at radius 1 is 1.11 bits per heavy atom. The van der Waals surface area contributed by atoms with E-state index in [-0.39, 0.29) is 12.2 Å². The fraction of sp³-hybridized carbons (Fsp3) is 0.280. The number of anilines is 1. The van der Waals surface area contributed by atoms with Gasteiger partial charge in [-0.1, -0.05) is 24.3 Å². The van der Waals surface area contributed by atoms with E-state index in [1.165, 1.54) is 24.7 Å². The van der Waals surface area contributed by atoms with Crippen LogP contribution in [0.5, 0.6) is 0 Å². The first-order valence-corrected chi connectivity index (χ1v) is 13.6. The molecule has 0 aliphatic heterocycles. The van der Waals surface area contributed by atoms with Gasteiger partial charge in [-0.05, 0) is 48.1 Å². The molecule has 35 heavy (non-hydrogen) atoms. The second-order valence-electron chi connectivity index (χ2n) is 8.69. The van der Waals surface area contributed by atoms with E-state index in [4.69, 9.17) is 4.74 Å². The quantitative estimate of drug-likeness (QED) is 0.470. The fourth-order valence-corrected chi connectivity index (χ4v) is 4.54. The minimum Gasteiger partial charge on any atom is -0.380 e. The number of ether oxygens (including phenoxy) is 1. The van der Waals surface area contributed by atoms with Crippen LogP contribution in [0.1, 0.15) is 17.2 Å². The highest BCUT2D eigenvalue weighted by molar-refractivity contribution is 8.32. The van der Waals surface area contributed by atoms with Crippen LogP contribution in [0.25, 0.3) is 0 Å². The highest BCUT2D eigenvalue weighted by Crippen LogP contribution is 2.46. The molecule has 1 heterocycles. The molecule has 0 radical (unpaired) electrons. The van der Waals surface area contributed by atoms with Crippen LogP contribution >= 0.6 is 10.0 Å². The zero-order valence-electron chi connectivity index (χ0n) is 20.1. The average Bonchev–Trinajstić information content (AvgIpc) is 2.79. The van der Waals surface area contributed by atoms with E-state index in [1.54, 1.807) is 43.5 Å². The number of halogens is 1. The van der Waals surface area contributed by atoms with Gasteiger partial charge in [0, 0.05) is 30.0 Å². The van der Waals surface area contributed by atoms with Crippen molar-refractivity contribution < 1.29 is 18.7 Å². The molecule has 186 valence electrons. The highest BCUT2D eigenvalue weighted by Gasteiger charge is 2.24. The zero-order chi connectivity index (χ0) is 25.6. The minimum absolute atomic E-state index is 0.277. The van der Waals surface area contributed by atoms with Crippen LogP contribution in [0.2, 0.25) is 0 Å². The summed E-state index contributed by atoms with van der Waals surface area (Å²) in [6, 6.07) is 11.7. The topological polar surface area (TPSA) is 102 Å². The predicted octanol–water partition coefficient (Wildman–Crippen LogP) is 3.08. The van der Waals surface area contributed by atoms with Gasteiger partial charge in [0.25, 0.3) is 11.5 Å². The van der Waals surface area contributed by atoms with Gasteiger partial charge >= 0.3 is 0 Å². The van der Waals surface area contributed by atoms with Gasteiger partial charge in [-0.25, -0.2) is 19.4 Å². The fourth-order valence-electron chi connectivity index (χ4n) is 3.42.